The number of rotatable bonds is 5. The molecule has 208 valence electrons. The van der Waals surface area contributed by atoms with Crippen LogP contribution in [0.2, 0.25) is 0 Å². The second-order valence-electron chi connectivity index (χ2n) is 11.8. The molecule has 2 atom stereocenters. The molecule has 3 aliphatic rings. The van der Waals surface area contributed by atoms with Gasteiger partial charge in [-0.15, -0.1) is 0 Å². The van der Waals surface area contributed by atoms with E-state index >= 15 is 0 Å². The number of hydrogen-bond acceptors (Lipinski definition) is 4. The number of ether oxygens (including phenoxy) is 1. The van der Waals surface area contributed by atoms with Gasteiger partial charge < -0.3 is 4.74 Å². The van der Waals surface area contributed by atoms with Gasteiger partial charge in [0.1, 0.15) is 11.5 Å². The standard InChI is InChI=1S/C38H29N3OS/c1-3-15-34-32(13-1)38(36-17-5-6-20-39-36,33-14-2-4-16-35(33)43-34)27-9-7-11-29(22-27)42-30-12-8-10-28(23-30)41-24-31-25-18-19-26(21-25)37(31)40-41/h1-17,20,22-26H,18-19,21H2/t25-,26+/m0/s1. The van der Waals surface area contributed by atoms with Crippen LogP contribution in [-0.4, -0.2) is 14.8 Å². The van der Waals surface area contributed by atoms with Crippen LogP contribution in [0, 0.1) is 0 Å². The number of fused-ring (bicyclic) bond motifs is 7. The van der Waals surface area contributed by atoms with Crippen molar-refractivity contribution in [1.29, 1.82) is 0 Å². The Labute approximate surface area is 255 Å². The minimum atomic E-state index is -0.587. The molecule has 4 nitrogen and oxygen atoms in total. The average Bonchev–Trinajstić information content (AvgIpc) is 3.80. The van der Waals surface area contributed by atoms with Crippen LogP contribution in [0.4, 0.5) is 0 Å². The molecule has 1 fully saturated rings. The van der Waals surface area contributed by atoms with Crippen LogP contribution in [0.15, 0.2) is 137 Å². The number of nitrogens with zero attached hydrogens (tertiary/aromatic N) is 3. The van der Waals surface area contributed by atoms with E-state index < -0.39 is 5.41 Å². The molecule has 2 bridgehead atoms. The second-order valence-corrected chi connectivity index (χ2v) is 12.9. The van der Waals surface area contributed by atoms with Crippen molar-refractivity contribution in [3.8, 4) is 17.2 Å². The normalized spacial score (nSPS) is 19.0. The number of aromatic nitrogens is 3. The van der Waals surface area contributed by atoms with Crippen molar-refractivity contribution in [2.75, 3.05) is 0 Å². The van der Waals surface area contributed by atoms with E-state index in [0.29, 0.717) is 11.8 Å². The fraction of sp³-hybridized carbons (Fsp3) is 0.158. The number of hydrogen-bond donors (Lipinski definition) is 0. The van der Waals surface area contributed by atoms with Crippen LogP contribution in [-0.2, 0) is 5.41 Å². The monoisotopic (exact) mass is 575 g/mol. The van der Waals surface area contributed by atoms with Crippen LogP contribution in [0.5, 0.6) is 11.5 Å². The van der Waals surface area contributed by atoms with E-state index in [1.54, 1.807) is 0 Å². The van der Waals surface area contributed by atoms with Gasteiger partial charge in [0, 0.05) is 34.2 Å². The van der Waals surface area contributed by atoms with Gasteiger partial charge >= 0.3 is 0 Å². The van der Waals surface area contributed by atoms with E-state index in [-0.39, 0.29) is 0 Å². The van der Waals surface area contributed by atoms with Crippen molar-refractivity contribution in [2.24, 2.45) is 0 Å². The third kappa shape index (κ3) is 3.84. The zero-order valence-corrected chi connectivity index (χ0v) is 24.4. The fourth-order valence-electron chi connectivity index (χ4n) is 7.61. The molecule has 0 radical (unpaired) electrons. The van der Waals surface area contributed by atoms with Gasteiger partial charge in [-0.05, 0) is 96.0 Å². The summed E-state index contributed by atoms with van der Waals surface area (Å²) in [6, 6.07) is 40.5. The van der Waals surface area contributed by atoms with Crippen molar-refractivity contribution in [3.05, 3.63) is 161 Å². The van der Waals surface area contributed by atoms with Crippen molar-refractivity contribution in [3.63, 3.8) is 0 Å². The Morgan fingerprint density at radius 3 is 2.21 bits per heavy atom. The number of benzene rings is 4. The Balaban J connectivity index is 1.15. The molecule has 1 aliphatic heterocycles. The van der Waals surface area contributed by atoms with E-state index in [9.17, 15) is 0 Å². The van der Waals surface area contributed by atoms with Gasteiger partial charge in [0.15, 0.2) is 0 Å². The smallest absolute Gasteiger partial charge is 0.129 e. The molecule has 0 unspecified atom stereocenters. The highest BCUT2D eigenvalue weighted by Gasteiger charge is 2.45. The summed E-state index contributed by atoms with van der Waals surface area (Å²) in [4.78, 5) is 7.47. The third-order valence-electron chi connectivity index (χ3n) is 9.47. The first-order chi connectivity index (χ1) is 21.3. The highest BCUT2D eigenvalue weighted by atomic mass is 32.2. The molecule has 9 rings (SSSR count). The summed E-state index contributed by atoms with van der Waals surface area (Å²) in [5, 5.41) is 5.00. The summed E-state index contributed by atoms with van der Waals surface area (Å²) >= 11 is 1.83. The SMILES string of the molecule is c1ccc(C2(c3cccc(Oc4cccc(-n5cc6c(n5)[C@@H]5CC[C@H]6C5)c4)c3)c3ccccc3Sc3ccccc32)nc1. The van der Waals surface area contributed by atoms with Crippen LogP contribution in [0.25, 0.3) is 5.69 Å². The molecule has 2 aromatic heterocycles. The summed E-state index contributed by atoms with van der Waals surface area (Å²) in [5.41, 5.74) is 7.78. The first kappa shape index (κ1) is 24.9. The van der Waals surface area contributed by atoms with Crippen LogP contribution < -0.4 is 4.74 Å². The van der Waals surface area contributed by atoms with Gasteiger partial charge in [-0.2, -0.15) is 5.10 Å². The highest BCUT2D eigenvalue weighted by Crippen LogP contribution is 2.56. The van der Waals surface area contributed by atoms with E-state index in [4.69, 9.17) is 14.8 Å². The summed E-state index contributed by atoms with van der Waals surface area (Å²) < 4.78 is 8.64. The molecule has 43 heavy (non-hydrogen) atoms. The summed E-state index contributed by atoms with van der Waals surface area (Å²) in [6.45, 7) is 0. The maximum Gasteiger partial charge on any atom is 0.129 e. The van der Waals surface area contributed by atoms with E-state index in [2.05, 4.69) is 103 Å². The van der Waals surface area contributed by atoms with Gasteiger partial charge in [0.25, 0.3) is 0 Å². The lowest BCUT2D eigenvalue weighted by atomic mass is 9.66. The maximum atomic E-state index is 6.59. The van der Waals surface area contributed by atoms with Gasteiger partial charge in [-0.3, -0.25) is 4.98 Å². The number of pyridine rings is 1. The molecular formula is C38H29N3OS. The fourth-order valence-corrected chi connectivity index (χ4v) is 8.80. The Hall–Kier alpha value is -4.61. The largest absolute Gasteiger partial charge is 0.457 e. The molecule has 4 aromatic carbocycles. The van der Waals surface area contributed by atoms with Gasteiger partial charge in [-0.25, -0.2) is 4.68 Å². The molecule has 5 heteroatoms. The van der Waals surface area contributed by atoms with Gasteiger partial charge in [-0.1, -0.05) is 72.4 Å². The summed E-state index contributed by atoms with van der Waals surface area (Å²) in [7, 11) is 0. The lowest BCUT2D eigenvalue weighted by Crippen LogP contribution is -2.34. The summed E-state index contributed by atoms with van der Waals surface area (Å²) in [6.07, 6.45) is 8.00. The van der Waals surface area contributed by atoms with Crippen molar-refractivity contribution < 1.29 is 4.74 Å². The first-order valence-electron chi connectivity index (χ1n) is 15.0. The predicted molar refractivity (Wildman–Crippen MR) is 170 cm³/mol. The van der Waals surface area contributed by atoms with E-state index in [1.165, 1.54) is 51.4 Å². The minimum Gasteiger partial charge on any atom is -0.457 e. The Morgan fingerprint density at radius 2 is 1.44 bits per heavy atom. The molecular weight excluding hydrogens is 547 g/mol. The maximum absolute atomic E-state index is 6.59. The van der Waals surface area contributed by atoms with Crippen LogP contribution in [0.1, 0.15) is 64.7 Å². The lowest BCUT2D eigenvalue weighted by molar-refractivity contribution is 0.480. The van der Waals surface area contributed by atoms with Gasteiger partial charge in [0.05, 0.1) is 22.5 Å². The van der Waals surface area contributed by atoms with Gasteiger partial charge in [0.2, 0.25) is 0 Å². The van der Waals surface area contributed by atoms with Crippen molar-refractivity contribution in [1.82, 2.24) is 14.8 Å². The zero-order valence-electron chi connectivity index (χ0n) is 23.6. The van der Waals surface area contributed by atoms with Crippen molar-refractivity contribution in [2.45, 2.75) is 46.3 Å². The lowest BCUT2D eigenvalue weighted by Gasteiger charge is -2.40. The average molecular weight is 576 g/mol. The molecule has 3 heterocycles. The van der Waals surface area contributed by atoms with Crippen LogP contribution >= 0.6 is 11.8 Å². The Morgan fingerprint density at radius 1 is 0.721 bits per heavy atom. The Bertz CT molecular complexity index is 1930. The zero-order chi connectivity index (χ0) is 28.4. The molecule has 0 spiro atoms. The molecule has 0 N–H and O–H groups in total. The quantitative estimate of drug-likeness (QED) is 0.205. The van der Waals surface area contributed by atoms with E-state index in [1.807, 2.05) is 40.8 Å². The van der Waals surface area contributed by atoms with E-state index in [0.717, 1.165) is 28.4 Å². The summed E-state index contributed by atoms with van der Waals surface area (Å²) in [5.74, 6) is 2.92. The predicted octanol–water partition coefficient (Wildman–Crippen LogP) is 9.27. The van der Waals surface area contributed by atoms with Crippen molar-refractivity contribution >= 4 is 11.8 Å². The molecule has 0 amide bonds. The topological polar surface area (TPSA) is 39.9 Å². The molecule has 2 aliphatic carbocycles. The molecule has 1 saturated carbocycles. The first-order valence-corrected chi connectivity index (χ1v) is 15.9. The highest BCUT2D eigenvalue weighted by molar-refractivity contribution is 7.99. The third-order valence-corrected chi connectivity index (χ3v) is 10.6. The Kier molecular flexibility index (Phi) is 5.63. The van der Waals surface area contributed by atoms with Crippen LogP contribution in [0.3, 0.4) is 0 Å². The minimum absolute atomic E-state index is 0.587. The second kappa shape index (κ2) is 9.72. The molecule has 6 aromatic rings. The molecule has 0 saturated heterocycles.